The molecular weight excluding hydrogens is 278 g/mol. The number of rotatable bonds is 2. The highest BCUT2D eigenvalue weighted by atomic mass is 32.2. The third kappa shape index (κ3) is 2.17. The van der Waals surface area contributed by atoms with Crippen LogP contribution in [0.5, 0.6) is 0 Å². The molecule has 96 valence electrons. The van der Waals surface area contributed by atoms with E-state index in [1.165, 1.54) is 16.8 Å². The van der Waals surface area contributed by atoms with E-state index in [0.717, 1.165) is 16.5 Å². The number of carbonyl (C=O) groups is 1. The molecule has 2 heterocycles. The molecule has 6 heteroatoms. The molecule has 1 aliphatic heterocycles. The number of nitrogens with zero attached hydrogens (tertiary/aromatic N) is 3. The molecule has 0 spiro atoms. The average Bonchev–Trinajstić information content (AvgIpc) is 2.90. The fourth-order valence-corrected chi connectivity index (χ4v) is 3.02. The monoisotopic (exact) mass is 289 g/mol. The van der Waals surface area contributed by atoms with Crippen LogP contribution in [-0.2, 0) is 11.8 Å². The first-order valence-electron chi connectivity index (χ1n) is 5.74. The Morgan fingerprint density at radius 1 is 1.42 bits per heavy atom. The Balaban J connectivity index is 1.97. The molecule has 4 nitrogen and oxygen atoms in total. The molecular formula is C13H11N3OS2. The molecule has 1 saturated heterocycles. The lowest BCUT2D eigenvalue weighted by Crippen LogP contribution is -2.22. The molecule has 0 aliphatic carbocycles. The predicted octanol–water partition coefficient (Wildman–Crippen LogP) is 2.37. The van der Waals surface area contributed by atoms with Crippen molar-refractivity contribution < 1.29 is 4.79 Å². The fraction of sp³-hybridized carbons (Fsp3) is 0.154. The number of hydrogen-bond acceptors (Lipinski definition) is 4. The molecule has 1 amide bonds. The largest absolute Gasteiger partial charge is 0.350 e. The zero-order valence-corrected chi connectivity index (χ0v) is 11.9. The Morgan fingerprint density at radius 3 is 2.95 bits per heavy atom. The second-order valence-electron chi connectivity index (χ2n) is 4.22. The highest BCUT2D eigenvalue weighted by Crippen LogP contribution is 2.21. The zero-order valence-electron chi connectivity index (χ0n) is 10.2. The van der Waals surface area contributed by atoms with Crippen molar-refractivity contribution in [2.24, 2.45) is 12.1 Å². The molecule has 3 rings (SSSR count). The Hall–Kier alpha value is -1.66. The van der Waals surface area contributed by atoms with Gasteiger partial charge in [-0.25, -0.2) is 0 Å². The van der Waals surface area contributed by atoms with Crippen LogP contribution in [0.15, 0.2) is 35.6 Å². The lowest BCUT2D eigenvalue weighted by molar-refractivity contribution is -0.123. The molecule has 1 aromatic heterocycles. The number of benzene rings is 1. The molecule has 1 aromatic carbocycles. The van der Waals surface area contributed by atoms with Gasteiger partial charge in [0, 0.05) is 29.7 Å². The van der Waals surface area contributed by atoms with Crippen molar-refractivity contribution in [1.82, 2.24) is 9.58 Å². The summed E-state index contributed by atoms with van der Waals surface area (Å²) in [5.74, 6) is 0.317. The minimum absolute atomic E-state index is 0.0634. The minimum atomic E-state index is -0.0634. The molecule has 19 heavy (non-hydrogen) atoms. The molecule has 1 aliphatic rings. The number of aromatic nitrogens is 1. The maximum Gasteiger partial charge on any atom is 0.259 e. The quantitative estimate of drug-likeness (QED) is 0.629. The van der Waals surface area contributed by atoms with Crippen LogP contribution in [0.3, 0.4) is 0 Å². The fourth-order valence-electron chi connectivity index (χ4n) is 2.05. The van der Waals surface area contributed by atoms with Gasteiger partial charge >= 0.3 is 0 Å². The van der Waals surface area contributed by atoms with Crippen LogP contribution in [0, 0.1) is 0 Å². The summed E-state index contributed by atoms with van der Waals surface area (Å²) in [4.78, 5) is 11.6. The zero-order chi connectivity index (χ0) is 13.4. The molecule has 0 radical (unpaired) electrons. The third-order valence-corrected chi connectivity index (χ3v) is 4.31. The third-order valence-electron chi connectivity index (χ3n) is 2.97. The van der Waals surface area contributed by atoms with E-state index in [0.29, 0.717) is 10.1 Å². The first-order chi connectivity index (χ1) is 9.16. The number of amides is 1. The normalized spacial score (nSPS) is 16.2. The summed E-state index contributed by atoms with van der Waals surface area (Å²) in [7, 11) is 1.99. The van der Waals surface area contributed by atoms with Crippen LogP contribution in [0.25, 0.3) is 10.9 Å². The summed E-state index contributed by atoms with van der Waals surface area (Å²) in [6.07, 6.45) is 3.68. The second-order valence-corrected chi connectivity index (χ2v) is 5.83. The highest BCUT2D eigenvalue weighted by molar-refractivity contribution is 8.23. The van der Waals surface area contributed by atoms with Gasteiger partial charge in [-0.15, -0.1) is 0 Å². The SMILES string of the molecule is Cn1cc(/C=N/N2C(=O)CSC2=S)c2ccccc21. The lowest BCUT2D eigenvalue weighted by atomic mass is 10.2. The van der Waals surface area contributed by atoms with Gasteiger partial charge in [0.15, 0.2) is 4.32 Å². The number of hydrazone groups is 1. The highest BCUT2D eigenvalue weighted by Gasteiger charge is 2.26. The van der Waals surface area contributed by atoms with E-state index in [-0.39, 0.29) is 5.91 Å². The first-order valence-corrected chi connectivity index (χ1v) is 7.14. The van der Waals surface area contributed by atoms with Crippen molar-refractivity contribution >= 4 is 51.3 Å². The summed E-state index contributed by atoms with van der Waals surface area (Å²) >= 11 is 6.43. The number of thioether (sulfide) groups is 1. The van der Waals surface area contributed by atoms with E-state index >= 15 is 0 Å². The summed E-state index contributed by atoms with van der Waals surface area (Å²) < 4.78 is 2.55. The smallest absolute Gasteiger partial charge is 0.259 e. The van der Waals surface area contributed by atoms with Gasteiger partial charge in [-0.2, -0.15) is 10.1 Å². The summed E-state index contributed by atoms with van der Waals surface area (Å²) in [5, 5.41) is 6.61. The summed E-state index contributed by atoms with van der Waals surface area (Å²) in [6, 6.07) is 8.07. The molecule has 2 aromatic rings. The van der Waals surface area contributed by atoms with Crippen molar-refractivity contribution in [2.75, 3.05) is 5.75 Å². The first kappa shape index (κ1) is 12.4. The van der Waals surface area contributed by atoms with Crippen molar-refractivity contribution in [3.63, 3.8) is 0 Å². The van der Waals surface area contributed by atoms with Crippen LogP contribution in [-0.4, -0.2) is 31.8 Å². The van der Waals surface area contributed by atoms with Gasteiger partial charge in [-0.05, 0) is 6.07 Å². The van der Waals surface area contributed by atoms with Crippen molar-refractivity contribution in [2.45, 2.75) is 0 Å². The number of carbonyl (C=O) groups excluding carboxylic acids is 1. The average molecular weight is 289 g/mol. The van der Waals surface area contributed by atoms with Crippen molar-refractivity contribution in [3.05, 3.63) is 36.0 Å². The van der Waals surface area contributed by atoms with Gasteiger partial charge in [0.05, 0.1) is 12.0 Å². The van der Waals surface area contributed by atoms with Crippen LogP contribution in [0.1, 0.15) is 5.56 Å². The van der Waals surface area contributed by atoms with Crippen LogP contribution in [0.4, 0.5) is 0 Å². The van der Waals surface area contributed by atoms with Crippen LogP contribution in [0.2, 0.25) is 0 Å². The Labute approximate surface area is 120 Å². The van der Waals surface area contributed by atoms with Gasteiger partial charge in [0.25, 0.3) is 5.91 Å². The van der Waals surface area contributed by atoms with Gasteiger partial charge in [0.2, 0.25) is 0 Å². The molecule has 0 unspecified atom stereocenters. The van der Waals surface area contributed by atoms with Crippen LogP contribution >= 0.6 is 24.0 Å². The number of thiocarbonyl (C=S) groups is 1. The molecule has 0 atom stereocenters. The summed E-state index contributed by atoms with van der Waals surface area (Å²) in [5.41, 5.74) is 2.11. The topological polar surface area (TPSA) is 37.6 Å². The maximum atomic E-state index is 11.6. The van der Waals surface area contributed by atoms with E-state index < -0.39 is 0 Å². The van der Waals surface area contributed by atoms with E-state index in [2.05, 4.69) is 5.10 Å². The van der Waals surface area contributed by atoms with E-state index in [4.69, 9.17) is 12.2 Å². The number of hydrogen-bond donors (Lipinski definition) is 0. The Kier molecular flexibility index (Phi) is 3.12. The lowest BCUT2D eigenvalue weighted by Gasteiger charge is -2.05. The predicted molar refractivity (Wildman–Crippen MR) is 82.4 cm³/mol. The van der Waals surface area contributed by atoms with Crippen molar-refractivity contribution in [3.8, 4) is 0 Å². The standard InChI is InChI=1S/C13H11N3OS2/c1-15-7-9(10-4-2-3-5-11(10)15)6-14-16-12(17)8-19-13(16)18/h2-7H,8H2,1H3/b14-6+. The number of fused-ring (bicyclic) bond motifs is 1. The van der Waals surface area contributed by atoms with Crippen LogP contribution < -0.4 is 0 Å². The van der Waals surface area contributed by atoms with E-state index in [1.807, 2.05) is 42.1 Å². The molecule has 0 saturated carbocycles. The number of para-hydroxylation sites is 1. The Morgan fingerprint density at radius 2 is 2.21 bits per heavy atom. The van der Waals surface area contributed by atoms with Gasteiger partial charge in [-0.1, -0.05) is 42.2 Å². The molecule has 1 fully saturated rings. The Bertz CT molecular complexity index is 689. The maximum absolute atomic E-state index is 11.6. The molecule has 0 bridgehead atoms. The van der Waals surface area contributed by atoms with Crippen molar-refractivity contribution in [1.29, 1.82) is 0 Å². The van der Waals surface area contributed by atoms with Gasteiger partial charge in [-0.3, -0.25) is 4.79 Å². The second kappa shape index (κ2) is 4.79. The van der Waals surface area contributed by atoms with E-state index in [9.17, 15) is 4.79 Å². The molecule has 0 N–H and O–H groups in total. The summed E-state index contributed by atoms with van der Waals surface area (Å²) in [6.45, 7) is 0. The van der Waals surface area contributed by atoms with Gasteiger partial charge in [0.1, 0.15) is 0 Å². The minimum Gasteiger partial charge on any atom is -0.350 e. The van der Waals surface area contributed by atoms with Gasteiger partial charge < -0.3 is 4.57 Å². The van der Waals surface area contributed by atoms with E-state index in [1.54, 1.807) is 6.21 Å². The number of aryl methyl sites for hydroxylation is 1.